The Kier molecular flexibility index (Phi) is 5.67. The van der Waals surface area contributed by atoms with Gasteiger partial charge in [-0.1, -0.05) is 12.1 Å². The van der Waals surface area contributed by atoms with Crippen LogP contribution in [0.5, 0.6) is 0 Å². The minimum absolute atomic E-state index is 0.0569. The van der Waals surface area contributed by atoms with Crippen molar-refractivity contribution in [2.75, 3.05) is 23.3 Å². The number of fused-ring (bicyclic) bond motifs is 1. The number of carbonyl (C=O) groups is 1. The van der Waals surface area contributed by atoms with E-state index in [1.165, 1.54) is 6.20 Å². The zero-order chi connectivity index (χ0) is 22.0. The molecule has 2 aromatic heterocycles. The fourth-order valence-corrected chi connectivity index (χ4v) is 3.86. The molecule has 2 amide bonds. The standard InChI is InChI=1S/C22H22F3N5O/c1-14-17-3-2-4-19(18(17)6-10-26-14)29-21(31)28-15-7-11-30(12-8-15)16-5-9-27-20(13-16)22(23,24)25/h2-6,9-10,13,15H,7-8,11-12H2,1H3,(H2,28,29,31). The van der Waals surface area contributed by atoms with Gasteiger partial charge in [0.25, 0.3) is 0 Å². The lowest BCUT2D eigenvalue weighted by Gasteiger charge is -2.34. The SMILES string of the molecule is Cc1nccc2c(NC(=O)NC3CCN(c4ccnc(C(F)(F)F)c4)CC3)cccc12. The lowest BCUT2D eigenvalue weighted by atomic mass is 10.0. The number of nitrogens with zero attached hydrogens (tertiary/aromatic N) is 3. The van der Waals surface area contributed by atoms with E-state index < -0.39 is 11.9 Å². The first kappa shape index (κ1) is 20.9. The van der Waals surface area contributed by atoms with Gasteiger partial charge in [0.2, 0.25) is 0 Å². The van der Waals surface area contributed by atoms with Gasteiger partial charge in [0, 0.05) is 53.7 Å². The fraction of sp³-hybridized carbons (Fsp3) is 0.318. The van der Waals surface area contributed by atoms with Gasteiger partial charge < -0.3 is 15.5 Å². The van der Waals surface area contributed by atoms with Crippen LogP contribution in [0.2, 0.25) is 0 Å². The third kappa shape index (κ3) is 4.70. The highest BCUT2D eigenvalue weighted by Crippen LogP contribution is 2.30. The molecule has 0 unspecified atom stereocenters. The van der Waals surface area contributed by atoms with Crippen LogP contribution in [-0.2, 0) is 6.18 Å². The predicted octanol–water partition coefficient (Wildman–Crippen LogP) is 4.75. The summed E-state index contributed by atoms with van der Waals surface area (Å²) in [7, 11) is 0. The highest BCUT2D eigenvalue weighted by Gasteiger charge is 2.33. The van der Waals surface area contributed by atoms with E-state index in [1.54, 1.807) is 12.3 Å². The highest BCUT2D eigenvalue weighted by atomic mass is 19.4. The molecular formula is C22H22F3N5O. The summed E-state index contributed by atoms with van der Waals surface area (Å²) in [6.07, 6.45) is -0.313. The molecule has 0 spiro atoms. The van der Waals surface area contributed by atoms with Crippen LogP contribution in [0.3, 0.4) is 0 Å². The molecule has 4 rings (SSSR count). The van der Waals surface area contributed by atoms with Gasteiger partial charge in [-0.25, -0.2) is 4.79 Å². The van der Waals surface area contributed by atoms with Crippen LogP contribution in [0, 0.1) is 6.92 Å². The average Bonchev–Trinajstić information content (AvgIpc) is 2.74. The molecule has 0 aliphatic carbocycles. The maximum atomic E-state index is 12.9. The first-order valence-corrected chi connectivity index (χ1v) is 10.0. The zero-order valence-electron chi connectivity index (χ0n) is 16.9. The van der Waals surface area contributed by atoms with Gasteiger partial charge in [-0.3, -0.25) is 9.97 Å². The number of nitrogens with one attached hydrogen (secondary N) is 2. The van der Waals surface area contributed by atoms with E-state index >= 15 is 0 Å². The third-order valence-electron chi connectivity index (χ3n) is 5.48. The number of hydrogen-bond acceptors (Lipinski definition) is 4. The molecule has 0 radical (unpaired) electrons. The zero-order valence-corrected chi connectivity index (χ0v) is 16.9. The van der Waals surface area contributed by atoms with Gasteiger partial charge in [0.15, 0.2) is 0 Å². The van der Waals surface area contributed by atoms with Gasteiger partial charge in [-0.05, 0) is 44.0 Å². The molecular weight excluding hydrogens is 407 g/mol. The largest absolute Gasteiger partial charge is 0.433 e. The molecule has 3 heterocycles. The average molecular weight is 429 g/mol. The Morgan fingerprint density at radius 1 is 1.06 bits per heavy atom. The second kappa shape index (κ2) is 8.41. The van der Waals surface area contributed by atoms with Crippen molar-refractivity contribution in [1.82, 2.24) is 15.3 Å². The molecule has 31 heavy (non-hydrogen) atoms. The Morgan fingerprint density at radius 2 is 1.81 bits per heavy atom. The Morgan fingerprint density at radius 3 is 2.55 bits per heavy atom. The van der Waals surface area contributed by atoms with Gasteiger partial charge >= 0.3 is 12.2 Å². The van der Waals surface area contributed by atoms with Gasteiger partial charge in [0.05, 0.1) is 5.69 Å². The number of carbonyl (C=O) groups excluding carboxylic acids is 1. The van der Waals surface area contributed by atoms with E-state index in [4.69, 9.17) is 0 Å². The van der Waals surface area contributed by atoms with Crippen LogP contribution in [0.25, 0.3) is 10.8 Å². The van der Waals surface area contributed by atoms with Crippen molar-refractivity contribution in [2.45, 2.75) is 32.0 Å². The second-order valence-corrected chi connectivity index (χ2v) is 7.55. The van der Waals surface area contributed by atoms with Crippen molar-refractivity contribution in [3.05, 3.63) is 60.2 Å². The van der Waals surface area contributed by atoms with Gasteiger partial charge in [-0.15, -0.1) is 0 Å². The summed E-state index contributed by atoms with van der Waals surface area (Å²) in [5.74, 6) is 0. The normalized spacial score (nSPS) is 15.2. The summed E-state index contributed by atoms with van der Waals surface area (Å²) in [5.41, 5.74) is 1.18. The highest BCUT2D eigenvalue weighted by molar-refractivity contribution is 6.02. The lowest BCUT2D eigenvalue weighted by molar-refractivity contribution is -0.141. The summed E-state index contributed by atoms with van der Waals surface area (Å²) in [6, 6.07) is 9.81. The first-order chi connectivity index (χ1) is 14.8. The molecule has 6 nitrogen and oxygen atoms in total. The Balaban J connectivity index is 1.36. The summed E-state index contributed by atoms with van der Waals surface area (Å²) in [4.78, 5) is 22.1. The molecule has 3 aromatic rings. The Labute approximate surface area is 177 Å². The number of urea groups is 1. The monoisotopic (exact) mass is 429 g/mol. The van der Waals surface area contributed by atoms with E-state index in [-0.39, 0.29) is 12.1 Å². The number of alkyl halides is 3. The number of aryl methyl sites for hydroxylation is 1. The number of benzene rings is 1. The number of hydrogen-bond donors (Lipinski definition) is 2. The molecule has 162 valence electrons. The van der Waals surface area contributed by atoms with Crippen LogP contribution < -0.4 is 15.5 Å². The minimum atomic E-state index is -4.47. The third-order valence-corrected chi connectivity index (χ3v) is 5.48. The molecule has 0 saturated carbocycles. The predicted molar refractivity (Wildman–Crippen MR) is 113 cm³/mol. The molecule has 1 aliphatic rings. The van der Waals surface area contributed by atoms with E-state index in [1.807, 2.05) is 36.1 Å². The smallest absolute Gasteiger partial charge is 0.371 e. The van der Waals surface area contributed by atoms with Crippen molar-refractivity contribution >= 4 is 28.2 Å². The van der Waals surface area contributed by atoms with Crippen LogP contribution in [-0.4, -0.2) is 35.1 Å². The number of amides is 2. The van der Waals surface area contributed by atoms with E-state index in [0.29, 0.717) is 37.3 Å². The fourth-order valence-electron chi connectivity index (χ4n) is 3.86. The summed E-state index contributed by atoms with van der Waals surface area (Å²) in [6.45, 7) is 3.01. The Bertz CT molecular complexity index is 1090. The number of aromatic nitrogens is 2. The summed E-state index contributed by atoms with van der Waals surface area (Å²) >= 11 is 0. The minimum Gasteiger partial charge on any atom is -0.371 e. The number of rotatable bonds is 3. The van der Waals surface area contributed by atoms with E-state index in [9.17, 15) is 18.0 Å². The first-order valence-electron chi connectivity index (χ1n) is 10.0. The van der Waals surface area contributed by atoms with Crippen molar-refractivity contribution in [3.8, 4) is 0 Å². The van der Waals surface area contributed by atoms with Crippen LogP contribution >= 0.6 is 0 Å². The molecule has 1 saturated heterocycles. The van der Waals surface area contributed by atoms with E-state index in [0.717, 1.165) is 22.5 Å². The van der Waals surface area contributed by atoms with E-state index in [2.05, 4.69) is 20.6 Å². The quantitative estimate of drug-likeness (QED) is 0.631. The topological polar surface area (TPSA) is 70.2 Å². The van der Waals surface area contributed by atoms with Crippen molar-refractivity contribution < 1.29 is 18.0 Å². The molecule has 1 aromatic carbocycles. The van der Waals surface area contributed by atoms with Crippen molar-refractivity contribution in [1.29, 1.82) is 0 Å². The molecule has 2 N–H and O–H groups in total. The molecule has 1 fully saturated rings. The number of halogens is 3. The molecule has 0 atom stereocenters. The summed E-state index contributed by atoms with van der Waals surface area (Å²) in [5, 5.41) is 7.76. The summed E-state index contributed by atoms with van der Waals surface area (Å²) < 4.78 is 38.7. The lowest BCUT2D eigenvalue weighted by Crippen LogP contribution is -2.46. The second-order valence-electron chi connectivity index (χ2n) is 7.55. The molecule has 1 aliphatic heterocycles. The maximum absolute atomic E-state index is 12.9. The van der Waals surface area contributed by atoms with Crippen molar-refractivity contribution in [3.63, 3.8) is 0 Å². The number of piperidine rings is 1. The molecule has 9 heteroatoms. The van der Waals surface area contributed by atoms with Gasteiger partial charge in [0.1, 0.15) is 5.69 Å². The van der Waals surface area contributed by atoms with Crippen LogP contribution in [0.1, 0.15) is 24.2 Å². The van der Waals surface area contributed by atoms with Crippen molar-refractivity contribution in [2.24, 2.45) is 0 Å². The van der Waals surface area contributed by atoms with Crippen LogP contribution in [0.4, 0.5) is 29.3 Å². The Hall–Kier alpha value is -3.36. The number of anilines is 2. The van der Waals surface area contributed by atoms with Gasteiger partial charge in [-0.2, -0.15) is 13.2 Å². The number of pyridine rings is 2. The molecule has 0 bridgehead atoms. The maximum Gasteiger partial charge on any atom is 0.433 e. The van der Waals surface area contributed by atoms with Crippen LogP contribution in [0.15, 0.2) is 48.8 Å².